The van der Waals surface area contributed by atoms with Gasteiger partial charge in [-0.3, -0.25) is 4.79 Å². The number of benzene rings is 1. The second-order valence-corrected chi connectivity index (χ2v) is 5.59. The van der Waals surface area contributed by atoms with E-state index in [2.05, 4.69) is 24.4 Å². The van der Waals surface area contributed by atoms with E-state index in [0.717, 1.165) is 0 Å². The van der Waals surface area contributed by atoms with Crippen molar-refractivity contribution in [3.8, 4) is 0 Å². The molecule has 7 heteroatoms. The Morgan fingerprint density at radius 2 is 2.00 bits per heavy atom. The molecule has 1 unspecified atom stereocenters. The highest BCUT2D eigenvalue weighted by molar-refractivity contribution is 6.45. The molecule has 1 heterocycles. The minimum atomic E-state index is -0.783. The lowest BCUT2D eigenvalue weighted by molar-refractivity contribution is -0.725. The predicted octanol–water partition coefficient (Wildman–Crippen LogP) is -3.19. The van der Waals surface area contributed by atoms with E-state index < -0.39 is 18.9 Å². The summed E-state index contributed by atoms with van der Waals surface area (Å²) in [4.78, 5) is 13.2. The van der Waals surface area contributed by atoms with E-state index in [4.69, 9.17) is 0 Å². The Balaban J connectivity index is 0.00000220. The van der Waals surface area contributed by atoms with E-state index in [1.165, 1.54) is 5.56 Å². The second kappa shape index (κ2) is 7.80. The molecule has 21 heavy (non-hydrogen) atoms. The molecule has 5 nitrogen and oxygen atoms in total. The Hall–Kier alpha value is -1.08. The van der Waals surface area contributed by atoms with E-state index in [1.54, 1.807) is 6.82 Å². The molecule has 0 saturated carbocycles. The molecule has 2 rings (SSSR count). The SMILES string of the molecule is CB(O)N1CC([NH2+][C@H](C)c2ccccc2)[C@H](C(=O)O)C1.[Cl-]. The molecular weight excluding hydrogens is 290 g/mol. The number of carbonyl (C=O) groups is 1. The zero-order valence-corrected chi connectivity index (χ0v) is 13.1. The summed E-state index contributed by atoms with van der Waals surface area (Å²) in [5.41, 5.74) is 1.19. The molecule has 116 valence electrons. The van der Waals surface area contributed by atoms with Gasteiger partial charge in [-0.15, -0.1) is 0 Å². The standard InChI is InChI=1S/C14H21BN2O3.ClH/c1-10(11-6-4-3-5-7-11)16-13-9-17(15(2)20)8-12(13)14(18)19;/h3-7,10,12-13,16,20H,8-9H2,1-2H3,(H,18,19);1H/t10-,12-,13?;/m1./s1. The number of hydrogen-bond donors (Lipinski definition) is 3. The van der Waals surface area contributed by atoms with Crippen LogP contribution in [0.3, 0.4) is 0 Å². The van der Waals surface area contributed by atoms with E-state index in [0.29, 0.717) is 13.1 Å². The molecule has 1 fully saturated rings. The Morgan fingerprint density at radius 3 is 2.52 bits per heavy atom. The van der Waals surface area contributed by atoms with Crippen LogP contribution in [0.2, 0.25) is 6.82 Å². The number of nitrogens with two attached hydrogens (primary N) is 1. The van der Waals surface area contributed by atoms with Crippen LogP contribution in [0, 0.1) is 5.92 Å². The maximum absolute atomic E-state index is 11.4. The smallest absolute Gasteiger partial charge is 0.376 e. The molecule has 0 bridgehead atoms. The number of halogens is 1. The lowest BCUT2D eigenvalue weighted by Gasteiger charge is -2.19. The first kappa shape index (κ1) is 18.0. The average molecular weight is 313 g/mol. The first-order valence-electron chi connectivity index (χ1n) is 7.04. The number of rotatable bonds is 5. The number of aliphatic carboxylic acids is 1. The van der Waals surface area contributed by atoms with Crippen molar-refractivity contribution in [2.75, 3.05) is 13.1 Å². The predicted molar refractivity (Wildman–Crippen MR) is 77.1 cm³/mol. The van der Waals surface area contributed by atoms with Crippen LogP contribution in [0.25, 0.3) is 0 Å². The monoisotopic (exact) mass is 312 g/mol. The van der Waals surface area contributed by atoms with Gasteiger partial charge in [0.1, 0.15) is 18.0 Å². The topological polar surface area (TPSA) is 77.4 Å². The highest BCUT2D eigenvalue weighted by Crippen LogP contribution is 2.17. The van der Waals surface area contributed by atoms with Gasteiger partial charge in [0, 0.05) is 18.7 Å². The molecule has 1 aliphatic heterocycles. The van der Waals surface area contributed by atoms with E-state index >= 15 is 0 Å². The fourth-order valence-electron chi connectivity index (χ4n) is 2.86. The number of quaternary nitrogens is 1. The van der Waals surface area contributed by atoms with Gasteiger partial charge in [0.2, 0.25) is 0 Å². The number of nitrogens with zero attached hydrogens (tertiary/aromatic N) is 1. The van der Waals surface area contributed by atoms with Gasteiger partial charge in [0.25, 0.3) is 0 Å². The zero-order valence-electron chi connectivity index (χ0n) is 12.3. The normalized spacial score (nSPS) is 23.4. The number of carboxylic acid groups (broad SMARTS) is 1. The summed E-state index contributed by atoms with van der Waals surface area (Å²) in [6.45, 7) is 4.78. The van der Waals surface area contributed by atoms with Crippen molar-refractivity contribution in [2.45, 2.75) is 25.8 Å². The van der Waals surface area contributed by atoms with Gasteiger partial charge in [-0.1, -0.05) is 30.3 Å². The molecular formula is C14H22BClN2O3. The van der Waals surface area contributed by atoms with E-state index in [1.807, 2.05) is 23.0 Å². The van der Waals surface area contributed by atoms with Crippen LogP contribution in [-0.4, -0.2) is 47.1 Å². The molecule has 0 amide bonds. The Kier molecular flexibility index (Phi) is 6.67. The molecule has 1 aliphatic rings. The van der Waals surface area contributed by atoms with Crippen molar-refractivity contribution in [1.82, 2.24) is 4.81 Å². The molecule has 0 aliphatic carbocycles. The Morgan fingerprint density at radius 1 is 1.38 bits per heavy atom. The molecule has 0 spiro atoms. The second-order valence-electron chi connectivity index (χ2n) is 5.59. The van der Waals surface area contributed by atoms with Crippen LogP contribution in [0.1, 0.15) is 18.5 Å². The maximum Gasteiger partial charge on any atom is 0.376 e. The van der Waals surface area contributed by atoms with E-state index in [-0.39, 0.29) is 24.5 Å². The van der Waals surface area contributed by atoms with Gasteiger partial charge in [-0.05, 0) is 13.7 Å². The summed E-state index contributed by atoms with van der Waals surface area (Å²) in [5.74, 6) is -1.22. The Labute approximate surface area is 131 Å². The highest BCUT2D eigenvalue weighted by atomic mass is 35.5. The third kappa shape index (κ3) is 4.44. The lowest BCUT2D eigenvalue weighted by Crippen LogP contribution is -3.00. The number of carboxylic acids is 1. The van der Waals surface area contributed by atoms with Gasteiger partial charge in [0.15, 0.2) is 0 Å². The third-order valence-electron chi connectivity index (χ3n) is 4.10. The first-order valence-corrected chi connectivity index (χ1v) is 7.04. The van der Waals surface area contributed by atoms with Crippen molar-refractivity contribution in [3.05, 3.63) is 35.9 Å². The van der Waals surface area contributed by atoms with Crippen molar-refractivity contribution < 1.29 is 32.6 Å². The van der Waals surface area contributed by atoms with Gasteiger partial charge >= 0.3 is 13.0 Å². The third-order valence-corrected chi connectivity index (χ3v) is 4.10. The molecule has 1 saturated heterocycles. The van der Waals surface area contributed by atoms with Gasteiger partial charge < -0.3 is 32.7 Å². The van der Waals surface area contributed by atoms with Crippen LogP contribution < -0.4 is 17.7 Å². The van der Waals surface area contributed by atoms with Crippen molar-refractivity contribution in [1.29, 1.82) is 0 Å². The fraction of sp³-hybridized carbons (Fsp3) is 0.500. The largest absolute Gasteiger partial charge is 1.00 e. The fourth-order valence-corrected chi connectivity index (χ4v) is 2.86. The summed E-state index contributed by atoms with van der Waals surface area (Å²) in [6.07, 6.45) is 0. The minimum Gasteiger partial charge on any atom is -1.00 e. The molecule has 4 N–H and O–H groups in total. The zero-order chi connectivity index (χ0) is 14.7. The Bertz CT molecular complexity index is 461. The van der Waals surface area contributed by atoms with Crippen LogP contribution in [0.15, 0.2) is 30.3 Å². The van der Waals surface area contributed by atoms with Crippen LogP contribution >= 0.6 is 0 Å². The first-order chi connectivity index (χ1) is 9.49. The van der Waals surface area contributed by atoms with Crippen LogP contribution in [-0.2, 0) is 4.79 Å². The highest BCUT2D eigenvalue weighted by Gasteiger charge is 2.43. The quantitative estimate of drug-likeness (QED) is 0.501. The summed E-state index contributed by atoms with van der Waals surface area (Å²) in [7, 11) is -0.595. The molecule has 1 aromatic rings. The molecule has 0 radical (unpaired) electrons. The van der Waals surface area contributed by atoms with Gasteiger partial charge in [-0.2, -0.15) is 0 Å². The van der Waals surface area contributed by atoms with Crippen LogP contribution in [0.4, 0.5) is 0 Å². The van der Waals surface area contributed by atoms with Gasteiger partial charge in [-0.25, -0.2) is 0 Å². The molecule has 3 atom stereocenters. The summed E-state index contributed by atoms with van der Waals surface area (Å²) in [6, 6.07) is 10.2. The number of hydrogen-bond acceptors (Lipinski definition) is 3. The average Bonchev–Trinajstić information content (AvgIpc) is 2.84. The van der Waals surface area contributed by atoms with E-state index in [9.17, 15) is 14.9 Å². The summed E-state index contributed by atoms with van der Waals surface area (Å²) >= 11 is 0. The van der Waals surface area contributed by atoms with Crippen LogP contribution in [0.5, 0.6) is 0 Å². The van der Waals surface area contributed by atoms with Crippen molar-refractivity contribution in [2.24, 2.45) is 5.92 Å². The minimum absolute atomic E-state index is 0. The molecule has 0 aromatic heterocycles. The maximum atomic E-state index is 11.4. The van der Waals surface area contributed by atoms with Crippen molar-refractivity contribution >= 4 is 13.0 Å². The summed E-state index contributed by atoms with van der Waals surface area (Å²) in [5, 5.41) is 21.1. The summed E-state index contributed by atoms with van der Waals surface area (Å²) < 4.78 is 0. The molecule has 1 aromatic carbocycles. The van der Waals surface area contributed by atoms with Crippen molar-refractivity contribution in [3.63, 3.8) is 0 Å². The lowest BCUT2D eigenvalue weighted by atomic mass is 9.86. The van der Waals surface area contributed by atoms with Gasteiger partial charge in [0.05, 0.1) is 0 Å².